The highest BCUT2D eigenvalue weighted by Crippen LogP contribution is 2.44. The van der Waals surface area contributed by atoms with Crippen LogP contribution < -0.4 is 5.32 Å². The molecule has 0 spiro atoms. The summed E-state index contributed by atoms with van der Waals surface area (Å²) in [6, 6.07) is 0.824. The van der Waals surface area contributed by atoms with E-state index in [1.807, 2.05) is 0 Å². The SMILES string of the molecule is CCC1CC(CC)(C(C)C)NC2CCCCC12. The topological polar surface area (TPSA) is 12.0 Å². The van der Waals surface area contributed by atoms with Crippen LogP contribution in [0.1, 0.15) is 72.6 Å². The quantitative estimate of drug-likeness (QED) is 0.768. The Balaban J connectivity index is 2.18. The van der Waals surface area contributed by atoms with Crippen LogP contribution in [-0.2, 0) is 0 Å². The molecule has 0 bridgehead atoms. The zero-order chi connectivity index (χ0) is 12.5. The number of piperidine rings is 1. The van der Waals surface area contributed by atoms with Crippen LogP contribution in [-0.4, -0.2) is 11.6 Å². The monoisotopic (exact) mass is 237 g/mol. The second-order valence-corrected chi connectivity index (χ2v) is 6.74. The lowest BCUT2D eigenvalue weighted by atomic mass is 9.63. The Kier molecular flexibility index (Phi) is 4.18. The van der Waals surface area contributed by atoms with Gasteiger partial charge in [-0.3, -0.25) is 0 Å². The molecular formula is C16H31N. The molecule has 2 fully saturated rings. The van der Waals surface area contributed by atoms with Crippen molar-refractivity contribution in [2.24, 2.45) is 17.8 Å². The molecule has 0 radical (unpaired) electrons. The molecule has 1 heteroatoms. The van der Waals surface area contributed by atoms with Gasteiger partial charge in [-0.05, 0) is 43.4 Å². The summed E-state index contributed by atoms with van der Waals surface area (Å²) in [4.78, 5) is 0. The second-order valence-electron chi connectivity index (χ2n) is 6.74. The number of fused-ring (bicyclic) bond motifs is 1. The van der Waals surface area contributed by atoms with E-state index in [1.54, 1.807) is 0 Å². The van der Waals surface area contributed by atoms with Crippen molar-refractivity contribution in [2.45, 2.75) is 84.2 Å². The summed E-state index contributed by atoms with van der Waals surface area (Å²) in [5.41, 5.74) is 0.430. The molecule has 1 heterocycles. The number of nitrogens with one attached hydrogen (secondary N) is 1. The molecule has 0 aromatic heterocycles. The van der Waals surface area contributed by atoms with Crippen molar-refractivity contribution in [3.63, 3.8) is 0 Å². The van der Waals surface area contributed by atoms with Crippen LogP contribution in [0.5, 0.6) is 0 Å². The smallest absolute Gasteiger partial charge is 0.0207 e. The molecule has 4 atom stereocenters. The van der Waals surface area contributed by atoms with Gasteiger partial charge in [0.1, 0.15) is 0 Å². The first-order valence-electron chi connectivity index (χ1n) is 7.90. The fraction of sp³-hybridized carbons (Fsp3) is 1.00. The van der Waals surface area contributed by atoms with Crippen molar-refractivity contribution in [3.05, 3.63) is 0 Å². The van der Waals surface area contributed by atoms with Crippen molar-refractivity contribution in [2.75, 3.05) is 0 Å². The molecule has 4 unspecified atom stereocenters. The number of hydrogen-bond acceptors (Lipinski definition) is 1. The minimum absolute atomic E-state index is 0.430. The zero-order valence-corrected chi connectivity index (χ0v) is 12.3. The standard InChI is InChI=1S/C16H31N/c1-5-13-11-16(6-2,12(3)4)17-15-10-8-7-9-14(13)15/h12-15,17H,5-11H2,1-4H3. The summed E-state index contributed by atoms with van der Waals surface area (Å²) in [6.07, 6.45) is 9.92. The van der Waals surface area contributed by atoms with Crippen LogP contribution in [0.3, 0.4) is 0 Å². The molecule has 1 N–H and O–H groups in total. The Hall–Kier alpha value is -0.0400. The first-order chi connectivity index (χ1) is 8.13. The van der Waals surface area contributed by atoms with Crippen LogP contribution in [0.15, 0.2) is 0 Å². The van der Waals surface area contributed by atoms with Crippen molar-refractivity contribution in [1.29, 1.82) is 0 Å². The Morgan fingerprint density at radius 1 is 1.18 bits per heavy atom. The normalized spacial score (nSPS) is 42.5. The molecule has 1 saturated heterocycles. The third kappa shape index (κ3) is 2.41. The zero-order valence-electron chi connectivity index (χ0n) is 12.3. The Labute approximate surface area is 108 Å². The fourth-order valence-corrected chi connectivity index (χ4v) is 4.45. The van der Waals surface area contributed by atoms with E-state index in [4.69, 9.17) is 0 Å². The predicted octanol–water partition coefficient (Wildman–Crippen LogP) is 4.37. The maximum absolute atomic E-state index is 4.08. The molecular weight excluding hydrogens is 206 g/mol. The second kappa shape index (κ2) is 5.30. The lowest BCUT2D eigenvalue weighted by molar-refractivity contribution is 0.0279. The first kappa shape index (κ1) is 13.4. The van der Waals surface area contributed by atoms with Crippen LogP contribution in [0.2, 0.25) is 0 Å². The van der Waals surface area contributed by atoms with E-state index >= 15 is 0 Å². The summed E-state index contributed by atoms with van der Waals surface area (Å²) in [5, 5.41) is 4.08. The van der Waals surface area contributed by atoms with E-state index in [0.717, 1.165) is 23.8 Å². The van der Waals surface area contributed by atoms with Gasteiger partial charge in [0.2, 0.25) is 0 Å². The molecule has 17 heavy (non-hydrogen) atoms. The molecule has 0 aromatic rings. The van der Waals surface area contributed by atoms with E-state index in [1.165, 1.54) is 44.9 Å². The largest absolute Gasteiger partial charge is 0.308 e. The van der Waals surface area contributed by atoms with Gasteiger partial charge in [-0.25, -0.2) is 0 Å². The van der Waals surface area contributed by atoms with Crippen molar-refractivity contribution in [3.8, 4) is 0 Å². The van der Waals surface area contributed by atoms with Gasteiger partial charge in [-0.1, -0.05) is 47.0 Å². The number of hydrogen-bond donors (Lipinski definition) is 1. The van der Waals surface area contributed by atoms with Gasteiger partial charge in [-0.2, -0.15) is 0 Å². The third-order valence-corrected chi connectivity index (χ3v) is 5.78. The highest BCUT2D eigenvalue weighted by Gasteiger charge is 2.45. The summed E-state index contributed by atoms with van der Waals surface area (Å²) < 4.78 is 0. The minimum Gasteiger partial charge on any atom is -0.308 e. The van der Waals surface area contributed by atoms with E-state index < -0.39 is 0 Å². The van der Waals surface area contributed by atoms with Crippen molar-refractivity contribution in [1.82, 2.24) is 5.32 Å². The van der Waals surface area contributed by atoms with Gasteiger partial charge < -0.3 is 5.32 Å². The lowest BCUT2D eigenvalue weighted by Crippen LogP contribution is -2.62. The van der Waals surface area contributed by atoms with Gasteiger partial charge in [-0.15, -0.1) is 0 Å². The molecule has 100 valence electrons. The van der Waals surface area contributed by atoms with Crippen LogP contribution >= 0.6 is 0 Å². The molecule has 1 aliphatic carbocycles. The van der Waals surface area contributed by atoms with Crippen LogP contribution in [0, 0.1) is 17.8 Å². The summed E-state index contributed by atoms with van der Waals surface area (Å²) in [7, 11) is 0. The van der Waals surface area contributed by atoms with Crippen LogP contribution in [0.25, 0.3) is 0 Å². The van der Waals surface area contributed by atoms with Gasteiger partial charge in [0.05, 0.1) is 0 Å². The molecule has 0 amide bonds. The minimum atomic E-state index is 0.430. The van der Waals surface area contributed by atoms with E-state index in [-0.39, 0.29) is 0 Å². The number of rotatable bonds is 3. The fourth-order valence-electron chi connectivity index (χ4n) is 4.45. The van der Waals surface area contributed by atoms with E-state index in [2.05, 4.69) is 33.0 Å². The molecule has 2 rings (SSSR count). The maximum Gasteiger partial charge on any atom is 0.0207 e. The Morgan fingerprint density at radius 3 is 2.47 bits per heavy atom. The molecule has 1 aliphatic heterocycles. The molecule has 0 aromatic carbocycles. The van der Waals surface area contributed by atoms with Crippen molar-refractivity contribution >= 4 is 0 Å². The van der Waals surface area contributed by atoms with Gasteiger partial charge in [0, 0.05) is 11.6 Å². The van der Waals surface area contributed by atoms with Crippen molar-refractivity contribution < 1.29 is 0 Å². The predicted molar refractivity (Wildman–Crippen MR) is 75.1 cm³/mol. The van der Waals surface area contributed by atoms with Gasteiger partial charge >= 0.3 is 0 Å². The highest BCUT2D eigenvalue weighted by molar-refractivity contribution is 5.02. The average Bonchev–Trinajstić information content (AvgIpc) is 2.37. The summed E-state index contributed by atoms with van der Waals surface area (Å²) in [5.74, 6) is 2.72. The van der Waals surface area contributed by atoms with E-state index in [0.29, 0.717) is 5.54 Å². The summed E-state index contributed by atoms with van der Waals surface area (Å²) >= 11 is 0. The van der Waals surface area contributed by atoms with Gasteiger partial charge in [0.15, 0.2) is 0 Å². The Bertz CT molecular complexity index is 238. The summed E-state index contributed by atoms with van der Waals surface area (Å²) in [6.45, 7) is 9.60. The van der Waals surface area contributed by atoms with Crippen LogP contribution in [0.4, 0.5) is 0 Å². The molecule has 1 nitrogen and oxygen atoms in total. The molecule has 2 aliphatic rings. The first-order valence-corrected chi connectivity index (χ1v) is 7.90. The lowest BCUT2D eigenvalue weighted by Gasteiger charge is -2.53. The molecule has 1 saturated carbocycles. The third-order valence-electron chi connectivity index (χ3n) is 5.78. The van der Waals surface area contributed by atoms with E-state index in [9.17, 15) is 0 Å². The Morgan fingerprint density at radius 2 is 1.88 bits per heavy atom. The maximum atomic E-state index is 4.08. The highest BCUT2D eigenvalue weighted by atomic mass is 15.0. The van der Waals surface area contributed by atoms with Gasteiger partial charge in [0.25, 0.3) is 0 Å². The average molecular weight is 237 g/mol.